The number of hydrogen-bond acceptors (Lipinski definition) is 4. The van der Waals surface area contributed by atoms with Crippen molar-refractivity contribution in [3.63, 3.8) is 0 Å². The summed E-state index contributed by atoms with van der Waals surface area (Å²) in [5, 5.41) is 13.2. The highest BCUT2D eigenvalue weighted by Gasteiger charge is 2.36. The summed E-state index contributed by atoms with van der Waals surface area (Å²) in [6.45, 7) is 2.04. The van der Waals surface area contributed by atoms with Gasteiger partial charge in [-0.2, -0.15) is 0 Å². The SMILES string of the molecule is Cc1ccccc1N1C[C@H](C(=O)Nc2cc([N+](=O)[O-])ccc2F)CC1=O. The van der Waals surface area contributed by atoms with Gasteiger partial charge in [0.25, 0.3) is 5.69 Å². The van der Waals surface area contributed by atoms with E-state index in [0.29, 0.717) is 0 Å². The fraction of sp³-hybridized carbons (Fsp3) is 0.222. The van der Waals surface area contributed by atoms with E-state index in [1.807, 2.05) is 25.1 Å². The van der Waals surface area contributed by atoms with Crippen LogP contribution in [0.2, 0.25) is 0 Å². The van der Waals surface area contributed by atoms with E-state index >= 15 is 0 Å². The molecule has 0 bridgehead atoms. The number of amides is 2. The minimum atomic E-state index is -0.774. The summed E-state index contributed by atoms with van der Waals surface area (Å²) >= 11 is 0. The van der Waals surface area contributed by atoms with Crippen molar-refractivity contribution >= 4 is 28.9 Å². The van der Waals surface area contributed by atoms with Gasteiger partial charge in [-0.3, -0.25) is 19.7 Å². The molecule has 1 atom stereocenters. The van der Waals surface area contributed by atoms with E-state index in [4.69, 9.17) is 0 Å². The minimum Gasteiger partial charge on any atom is -0.323 e. The number of halogens is 1. The molecule has 0 saturated carbocycles. The Morgan fingerprint density at radius 1 is 1.31 bits per heavy atom. The Morgan fingerprint density at radius 3 is 2.73 bits per heavy atom. The van der Waals surface area contributed by atoms with Gasteiger partial charge in [0.05, 0.1) is 16.5 Å². The molecule has 0 radical (unpaired) electrons. The standard InChI is InChI=1S/C18H16FN3O4/c1-11-4-2-3-5-16(11)21-10-12(8-17(21)23)18(24)20-15-9-13(22(25)26)6-7-14(15)19/h2-7,9,12H,8,10H2,1H3,(H,20,24)/t12-/m1/s1. The second-order valence-corrected chi connectivity index (χ2v) is 6.10. The van der Waals surface area contributed by atoms with Crippen molar-refractivity contribution in [3.8, 4) is 0 Å². The number of carbonyl (C=O) groups is 2. The Bertz CT molecular complexity index is 900. The van der Waals surface area contributed by atoms with Crippen molar-refractivity contribution in [1.29, 1.82) is 0 Å². The van der Waals surface area contributed by atoms with E-state index in [9.17, 15) is 24.1 Å². The van der Waals surface area contributed by atoms with Crippen molar-refractivity contribution in [2.45, 2.75) is 13.3 Å². The summed E-state index contributed by atoms with van der Waals surface area (Å²) in [4.78, 5) is 36.4. The zero-order valence-corrected chi connectivity index (χ0v) is 13.9. The molecule has 26 heavy (non-hydrogen) atoms. The first-order chi connectivity index (χ1) is 12.4. The number of hydrogen-bond donors (Lipinski definition) is 1. The lowest BCUT2D eigenvalue weighted by Gasteiger charge is -2.19. The molecule has 3 rings (SSSR count). The van der Waals surface area contributed by atoms with Crippen LogP contribution in [0.5, 0.6) is 0 Å². The van der Waals surface area contributed by atoms with Crippen LogP contribution in [0.3, 0.4) is 0 Å². The lowest BCUT2D eigenvalue weighted by Crippen LogP contribution is -2.28. The highest BCUT2D eigenvalue weighted by molar-refractivity contribution is 6.03. The molecular formula is C18H16FN3O4. The molecule has 1 fully saturated rings. The molecule has 0 spiro atoms. The quantitative estimate of drug-likeness (QED) is 0.672. The van der Waals surface area contributed by atoms with Crippen LogP contribution in [0.1, 0.15) is 12.0 Å². The number of aryl methyl sites for hydroxylation is 1. The van der Waals surface area contributed by atoms with Crippen LogP contribution in [-0.2, 0) is 9.59 Å². The predicted molar refractivity (Wildman–Crippen MR) is 93.3 cm³/mol. The average Bonchev–Trinajstić information content (AvgIpc) is 2.99. The molecule has 2 amide bonds. The second-order valence-electron chi connectivity index (χ2n) is 6.10. The minimum absolute atomic E-state index is 0.00326. The van der Waals surface area contributed by atoms with Crippen LogP contribution in [0, 0.1) is 28.8 Å². The monoisotopic (exact) mass is 357 g/mol. The van der Waals surface area contributed by atoms with E-state index < -0.39 is 22.6 Å². The molecule has 7 nitrogen and oxygen atoms in total. The number of non-ortho nitro benzene ring substituents is 1. The van der Waals surface area contributed by atoms with Gasteiger partial charge in [0.2, 0.25) is 11.8 Å². The summed E-state index contributed by atoms with van der Waals surface area (Å²) in [7, 11) is 0. The summed E-state index contributed by atoms with van der Waals surface area (Å²) in [6, 6.07) is 10.2. The topological polar surface area (TPSA) is 92.6 Å². The van der Waals surface area contributed by atoms with Gasteiger partial charge in [-0.15, -0.1) is 0 Å². The number of para-hydroxylation sites is 1. The molecule has 134 valence electrons. The van der Waals surface area contributed by atoms with Gasteiger partial charge in [-0.25, -0.2) is 4.39 Å². The van der Waals surface area contributed by atoms with E-state index in [-0.39, 0.29) is 30.2 Å². The normalized spacial score (nSPS) is 16.6. The smallest absolute Gasteiger partial charge is 0.271 e. The van der Waals surface area contributed by atoms with Gasteiger partial charge in [-0.05, 0) is 24.6 Å². The van der Waals surface area contributed by atoms with Gasteiger partial charge in [0.15, 0.2) is 0 Å². The molecule has 0 unspecified atom stereocenters. The first-order valence-corrected chi connectivity index (χ1v) is 7.97. The molecule has 1 N–H and O–H groups in total. The first-order valence-electron chi connectivity index (χ1n) is 7.97. The third-order valence-electron chi connectivity index (χ3n) is 4.32. The average molecular weight is 357 g/mol. The van der Waals surface area contributed by atoms with E-state index in [0.717, 1.165) is 29.4 Å². The number of anilines is 2. The molecule has 1 aliphatic rings. The molecule has 8 heteroatoms. The summed E-state index contributed by atoms with van der Waals surface area (Å²) < 4.78 is 13.8. The number of nitro benzene ring substituents is 1. The third kappa shape index (κ3) is 3.39. The van der Waals surface area contributed by atoms with Crippen LogP contribution >= 0.6 is 0 Å². The third-order valence-corrected chi connectivity index (χ3v) is 4.32. The molecule has 1 heterocycles. The maximum Gasteiger partial charge on any atom is 0.271 e. The molecule has 2 aromatic rings. The van der Waals surface area contributed by atoms with Crippen LogP contribution in [0.4, 0.5) is 21.5 Å². The van der Waals surface area contributed by atoms with Gasteiger partial charge >= 0.3 is 0 Å². The first kappa shape index (κ1) is 17.5. The highest BCUT2D eigenvalue weighted by Crippen LogP contribution is 2.29. The van der Waals surface area contributed by atoms with Crippen molar-refractivity contribution in [2.75, 3.05) is 16.8 Å². The lowest BCUT2D eigenvalue weighted by atomic mass is 10.1. The van der Waals surface area contributed by atoms with Crippen molar-refractivity contribution in [3.05, 3.63) is 64.0 Å². The number of nitrogens with zero attached hydrogens (tertiary/aromatic N) is 2. The van der Waals surface area contributed by atoms with Gasteiger partial charge < -0.3 is 10.2 Å². The van der Waals surface area contributed by atoms with Crippen molar-refractivity contribution < 1.29 is 18.9 Å². The van der Waals surface area contributed by atoms with Gasteiger partial charge in [0.1, 0.15) is 5.82 Å². The number of benzene rings is 2. The number of nitrogens with one attached hydrogen (secondary N) is 1. The van der Waals surface area contributed by atoms with Crippen molar-refractivity contribution in [1.82, 2.24) is 0 Å². The fourth-order valence-electron chi connectivity index (χ4n) is 2.94. The largest absolute Gasteiger partial charge is 0.323 e. The number of nitro groups is 1. The van der Waals surface area contributed by atoms with Crippen LogP contribution < -0.4 is 10.2 Å². The van der Waals surface area contributed by atoms with Gasteiger partial charge in [-0.1, -0.05) is 18.2 Å². The Balaban J connectivity index is 1.76. The lowest BCUT2D eigenvalue weighted by molar-refractivity contribution is -0.384. The Kier molecular flexibility index (Phi) is 4.66. The maximum absolute atomic E-state index is 13.8. The Hall–Kier alpha value is -3.29. The molecule has 0 aliphatic carbocycles. The summed E-state index contributed by atoms with van der Waals surface area (Å²) in [6.07, 6.45) is -0.00326. The van der Waals surface area contributed by atoms with Crippen LogP contribution in [0.25, 0.3) is 0 Å². The fourth-order valence-corrected chi connectivity index (χ4v) is 2.94. The molecule has 0 aromatic heterocycles. The van der Waals surface area contributed by atoms with Crippen LogP contribution in [0.15, 0.2) is 42.5 Å². The highest BCUT2D eigenvalue weighted by atomic mass is 19.1. The summed E-state index contributed by atoms with van der Waals surface area (Å²) in [5.74, 6) is -2.18. The molecule has 1 aliphatic heterocycles. The zero-order chi connectivity index (χ0) is 18.8. The summed E-state index contributed by atoms with van der Waals surface area (Å²) in [5.41, 5.74) is 1.04. The Labute approximate surface area is 148 Å². The number of carbonyl (C=O) groups excluding carboxylic acids is 2. The molecule has 2 aromatic carbocycles. The van der Waals surface area contributed by atoms with E-state index in [1.165, 1.54) is 4.90 Å². The second kappa shape index (κ2) is 6.91. The van der Waals surface area contributed by atoms with E-state index in [2.05, 4.69) is 5.32 Å². The molecular weight excluding hydrogens is 341 g/mol. The predicted octanol–water partition coefficient (Wildman–Crippen LogP) is 3.03. The zero-order valence-electron chi connectivity index (χ0n) is 13.9. The van der Waals surface area contributed by atoms with Crippen molar-refractivity contribution in [2.24, 2.45) is 5.92 Å². The number of rotatable bonds is 4. The van der Waals surface area contributed by atoms with E-state index in [1.54, 1.807) is 6.07 Å². The van der Waals surface area contributed by atoms with Gasteiger partial charge in [0, 0.05) is 30.8 Å². The Morgan fingerprint density at radius 2 is 2.04 bits per heavy atom. The maximum atomic E-state index is 13.8. The molecule has 1 saturated heterocycles. The van der Waals surface area contributed by atoms with Crippen LogP contribution in [-0.4, -0.2) is 23.3 Å².